The molecule has 0 spiro atoms. The molecular weight excluding hydrogens is 256 g/mol. The third kappa shape index (κ3) is 2.38. The molecule has 1 atom stereocenters. The first kappa shape index (κ1) is 13.0. The van der Waals surface area contributed by atoms with E-state index in [1.165, 1.54) is 18.4 Å². The molecular formula is C11H14N2O4S. The summed E-state index contributed by atoms with van der Waals surface area (Å²) in [5.41, 5.74) is 5.33. The summed E-state index contributed by atoms with van der Waals surface area (Å²) in [6, 6.07) is 1.65. The molecule has 7 heteroatoms. The van der Waals surface area contributed by atoms with Gasteiger partial charge in [0.2, 0.25) is 5.91 Å². The summed E-state index contributed by atoms with van der Waals surface area (Å²) in [5, 5.41) is 4.36. The van der Waals surface area contributed by atoms with Crippen molar-refractivity contribution in [2.45, 2.75) is 12.0 Å². The number of hydrogen-bond acceptors (Lipinski definition) is 6. The molecule has 1 aromatic rings. The lowest BCUT2D eigenvalue weighted by Gasteiger charge is -2.20. The second-order valence-corrected chi connectivity index (χ2v) is 4.98. The minimum Gasteiger partial charge on any atom is -0.465 e. The van der Waals surface area contributed by atoms with Gasteiger partial charge in [-0.3, -0.25) is 4.79 Å². The van der Waals surface area contributed by atoms with Gasteiger partial charge in [-0.15, -0.1) is 11.3 Å². The Balaban J connectivity index is 2.12. The van der Waals surface area contributed by atoms with Crippen LogP contribution in [-0.2, 0) is 14.3 Å². The van der Waals surface area contributed by atoms with E-state index in [1.54, 1.807) is 11.4 Å². The largest absolute Gasteiger partial charge is 0.465 e. The zero-order valence-electron chi connectivity index (χ0n) is 9.89. The fourth-order valence-corrected chi connectivity index (χ4v) is 2.43. The highest BCUT2D eigenvalue weighted by atomic mass is 32.1. The SMILES string of the molecule is COC(=O)c1sccc1NC(=O)C1(N)CCOC1. The number of amides is 1. The number of hydrogen-bond donors (Lipinski definition) is 2. The van der Waals surface area contributed by atoms with Gasteiger partial charge in [-0.1, -0.05) is 0 Å². The molecule has 0 saturated carbocycles. The first-order valence-electron chi connectivity index (χ1n) is 5.41. The van der Waals surface area contributed by atoms with Gasteiger partial charge < -0.3 is 20.5 Å². The summed E-state index contributed by atoms with van der Waals surface area (Å²) in [6.45, 7) is 0.661. The van der Waals surface area contributed by atoms with Gasteiger partial charge in [0.1, 0.15) is 10.4 Å². The van der Waals surface area contributed by atoms with E-state index in [-0.39, 0.29) is 12.5 Å². The van der Waals surface area contributed by atoms with E-state index in [1.807, 2.05) is 0 Å². The average Bonchev–Trinajstić information content (AvgIpc) is 2.98. The smallest absolute Gasteiger partial charge is 0.350 e. The quantitative estimate of drug-likeness (QED) is 0.784. The highest BCUT2D eigenvalue weighted by Crippen LogP contribution is 2.25. The number of nitrogens with two attached hydrogens (primary N) is 1. The standard InChI is InChI=1S/C11H14N2O4S/c1-16-9(14)8-7(2-5-18-8)13-10(15)11(12)3-4-17-6-11/h2,5H,3-4,6,12H2,1H3,(H,13,15). The van der Waals surface area contributed by atoms with Crippen LogP contribution in [0.2, 0.25) is 0 Å². The molecule has 1 saturated heterocycles. The molecule has 6 nitrogen and oxygen atoms in total. The van der Waals surface area contributed by atoms with Crippen molar-refractivity contribution in [1.82, 2.24) is 0 Å². The number of nitrogens with one attached hydrogen (secondary N) is 1. The van der Waals surface area contributed by atoms with E-state index in [0.29, 0.717) is 23.6 Å². The second kappa shape index (κ2) is 5.05. The Morgan fingerprint density at radius 2 is 2.39 bits per heavy atom. The van der Waals surface area contributed by atoms with E-state index in [9.17, 15) is 9.59 Å². The van der Waals surface area contributed by atoms with Crippen LogP contribution in [-0.4, -0.2) is 37.7 Å². The Morgan fingerprint density at radius 1 is 1.61 bits per heavy atom. The molecule has 1 fully saturated rings. The molecule has 1 unspecified atom stereocenters. The van der Waals surface area contributed by atoms with Crippen molar-refractivity contribution in [1.29, 1.82) is 0 Å². The van der Waals surface area contributed by atoms with Crippen LogP contribution in [0.4, 0.5) is 5.69 Å². The number of ether oxygens (including phenoxy) is 2. The number of anilines is 1. The molecule has 0 radical (unpaired) electrons. The van der Waals surface area contributed by atoms with Crippen molar-refractivity contribution in [2.24, 2.45) is 5.73 Å². The molecule has 0 aliphatic carbocycles. The molecule has 0 aromatic carbocycles. The van der Waals surface area contributed by atoms with E-state index >= 15 is 0 Å². The summed E-state index contributed by atoms with van der Waals surface area (Å²) < 4.78 is 9.76. The van der Waals surface area contributed by atoms with Crippen LogP contribution in [0.3, 0.4) is 0 Å². The lowest BCUT2D eigenvalue weighted by atomic mass is 9.99. The number of carbonyl (C=O) groups excluding carboxylic acids is 2. The molecule has 1 aliphatic rings. The molecule has 1 aliphatic heterocycles. The summed E-state index contributed by atoms with van der Waals surface area (Å²) in [5.74, 6) is -0.822. The molecule has 0 bridgehead atoms. The van der Waals surface area contributed by atoms with Gasteiger partial charge >= 0.3 is 5.97 Å². The van der Waals surface area contributed by atoms with E-state index < -0.39 is 11.5 Å². The maximum Gasteiger partial charge on any atom is 0.350 e. The van der Waals surface area contributed by atoms with Gasteiger partial charge in [-0.2, -0.15) is 0 Å². The highest BCUT2D eigenvalue weighted by Gasteiger charge is 2.38. The molecule has 1 amide bonds. The average molecular weight is 270 g/mol. The van der Waals surface area contributed by atoms with Crippen molar-refractivity contribution in [3.63, 3.8) is 0 Å². The monoisotopic (exact) mass is 270 g/mol. The zero-order chi connectivity index (χ0) is 13.2. The van der Waals surface area contributed by atoms with Gasteiger partial charge in [-0.25, -0.2) is 4.79 Å². The van der Waals surface area contributed by atoms with Crippen molar-refractivity contribution >= 4 is 28.9 Å². The van der Waals surface area contributed by atoms with Gasteiger partial charge in [-0.05, 0) is 17.9 Å². The highest BCUT2D eigenvalue weighted by molar-refractivity contribution is 7.12. The van der Waals surface area contributed by atoms with Gasteiger partial charge in [0.25, 0.3) is 0 Å². The fourth-order valence-electron chi connectivity index (χ4n) is 1.67. The Hall–Kier alpha value is -1.44. The number of thiophene rings is 1. The minimum absolute atomic E-state index is 0.191. The summed E-state index contributed by atoms with van der Waals surface area (Å²) in [4.78, 5) is 23.8. The summed E-state index contributed by atoms with van der Waals surface area (Å²) in [7, 11) is 1.29. The lowest BCUT2D eigenvalue weighted by Crippen LogP contribution is -2.51. The van der Waals surface area contributed by atoms with Crippen LogP contribution >= 0.6 is 11.3 Å². The predicted octanol–water partition coefficient (Wildman–Crippen LogP) is 0.591. The van der Waals surface area contributed by atoms with Gasteiger partial charge in [0.05, 0.1) is 19.4 Å². The maximum atomic E-state index is 12.0. The van der Waals surface area contributed by atoms with Crippen LogP contribution in [0.1, 0.15) is 16.1 Å². The Labute approximate surface area is 108 Å². The van der Waals surface area contributed by atoms with Gasteiger partial charge in [0, 0.05) is 6.61 Å². The van der Waals surface area contributed by atoms with Crippen LogP contribution in [0.5, 0.6) is 0 Å². The summed E-state index contributed by atoms with van der Waals surface area (Å²) in [6.07, 6.45) is 0.469. The minimum atomic E-state index is -1.02. The Kier molecular flexibility index (Phi) is 3.65. The van der Waals surface area contributed by atoms with Crippen LogP contribution in [0.25, 0.3) is 0 Å². The lowest BCUT2D eigenvalue weighted by molar-refractivity contribution is -0.121. The van der Waals surface area contributed by atoms with Crippen molar-refractivity contribution in [3.05, 3.63) is 16.3 Å². The van der Waals surface area contributed by atoms with Crippen molar-refractivity contribution < 1.29 is 19.1 Å². The second-order valence-electron chi connectivity index (χ2n) is 4.07. The predicted molar refractivity (Wildman–Crippen MR) is 66.6 cm³/mol. The molecule has 2 rings (SSSR count). The van der Waals surface area contributed by atoms with E-state index in [2.05, 4.69) is 10.1 Å². The third-order valence-corrected chi connectivity index (χ3v) is 3.68. The molecule has 1 aromatic heterocycles. The van der Waals surface area contributed by atoms with Crippen LogP contribution in [0.15, 0.2) is 11.4 Å². The number of rotatable bonds is 3. The van der Waals surface area contributed by atoms with E-state index in [4.69, 9.17) is 10.5 Å². The molecule has 98 valence electrons. The van der Waals surface area contributed by atoms with Crippen LogP contribution < -0.4 is 11.1 Å². The Morgan fingerprint density at radius 3 is 3.00 bits per heavy atom. The fraction of sp³-hybridized carbons (Fsp3) is 0.455. The molecule has 3 N–H and O–H groups in total. The number of methoxy groups -OCH3 is 1. The normalized spacial score (nSPS) is 22.8. The first-order chi connectivity index (χ1) is 8.57. The zero-order valence-corrected chi connectivity index (χ0v) is 10.7. The topological polar surface area (TPSA) is 90.7 Å². The van der Waals surface area contributed by atoms with Crippen molar-refractivity contribution in [3.8, 4) is 0 Å². The van der Waals surface area contributed by atoms with Crippen LogP contribution in [0, 0.1) is 0 Å². The van der Waals surface area contributed by atoms with Gasteiger partial charge in [0.15, 0.2) is 0 Å². The third-order valence-electron chi connectivity index (χ3n) is 2.79. The van der Waals surface area contributed by atoms with E-state index in [0.717, 1.165) is 0 Å². The van der Waals surface area contributed by atoms with Crippen molar-refractivity contribution in [2.75, 3.05) is 25.6 Å². The maximum absolute atomic E-state index is 12.0. The number of carbonyl (C=O) groups is 2. The number of esters is 1. The molecule has 18 heavy (non-hydrogen) atoms. The Bertz CT molecular complexity index is 465. The molecule has 2 heterocycles. The summed E-state index contributed by atoms with van der Waals surface area (Å²) >= 11 is 1.20. The first-order valence-corrected chi connectivity index (χ1v) is 6.29.